The van der Waals surface area contributed by atoms with E-state index < -0.39 is 39.9 Å². The molecular weight excluding hydrogens is 382 g/mol. The van der Waals surface area contributed by atoms with E-state index in [1.165, 1.54) is 18.2 Å². The van der Waals surface area contributed by atoms with Crippen molar-refractivity contribution in [3.05, 3.63) is 57.3 Å². The van der Waals surface area contributed by atoms with Crippen LogP contribution in [0.5, 0.6) is 0 Å². The lowest BCUT2D eigenvalue weighted by Crippen LogP contribution is -2.22. The Kier molecular flexibility index (Phi) is 5.28. The van der Waals surface area contributed by atoms with Crippen LogP contribution in [0.25, 0.3) is 0 Å². The van der Waals surface area contributed by atoms with Gasteiger partial charge in [0.25, 0.3) is 0 Å². The first-order chi connectivity index (χ1) is 10.7. The Bertz CT molecular complexity index is 751. The monoisotopic (exact) mass is 386 g/mol. The maximum Gasteiger partial charge on any atom is 0.200 e. The quantitative estimate of drug-likeness (QED) is 0.308. The fourth-order valence-electron chi connectivity index (χ4n) is 1.62. The van der Waals surface area contributed by atoms with Gasteiger partial charge >= 0.3 is 0 Å². The van der Waals surface area contributed by atoms with Crippen molar-refractivity contribution < 1.29 is 22.0 Å². The molecule has 0 heterocycles. The molecule has 0 radical (unpaired) electrons. The highest BCUT2D eigenvalue weighted by molar-refractivity contribution is 7.80. The van der Waals surface area contributed by atoms with Crippen molar-refractivity contribution in [2.24, 2.45) is 0 Å². The first-order valence-electron chi connectivity index (χ1n) is 5.76. The molecule has 0 amide bonds. The summed E-state index contributed by atoms with van der Waals surface area (Å²) >= 11 is 16.3. The summed E-state index contributed by atoms with van der Waals surface area (Å²) in [5, 5.41) is 4.45. The average Bonchev–Trinajstić information content (AvgIpc) is 2.46. The first kappa shape index (κ1) is 17.7. The molecule has 0 aliphatic heterocycles. The second kappa shape index (κ2) is 6.86. The Labute approximate surface area is 142 Å². The minimum atomic E-state index is -2.26. The second-order valence-corrected chi connectivity index (χ2v) is 5.46. The summed E-state index contributed by atoms with van der Waals surface area (Å²) in [5.74, 6) is -10.5. The fourth-order valence-corrected chi connectivity index (χ4v) is 2.36. The third-order valence-electron chi connectivity index (χ3n) is 2.57. The van der Waals surface area contributed by atoms with Gasteiger partial charge in [-0.1, -0.05) is 23.2 Å². The van der Waals surface area contributed by atoms with Crippen LogP contribution in [-0.2, 0) is 0 Å². The average molecular weight is 387 g/mol. The summed E-state index contributed by atoms with van der Waals surface area (Å²) in [4.78, 5) is 0. The van der Waals surface area contributed by atoms with Gasteiger partial charge in [0.15, 0.2) is 28.4 Å². The zero-order chi connectivity index (χ0) is 17.3. The zero-order valence-corrected chi connectivity index (χ0v) is 13.1. The Morgan fingerprint density at radius 1 is 0.739 bits per heavy atom. The summed E-state index contributed by atoms with van der Waals surface area (Å²) < 4.78 is 66.1. The molecule has 0 saturated heterocycles. The van der Waals surface area contributed by atoms with Crippen LogP contribution in [0.1, 0.15) is 0 Å². The predicted octanol–water partition coefficient (Wildman–Crippen LogP) is 5.50. The van der Waals surface area contributed by atoms with E-state index in [1.54, 1.807) is 0 Å². The summed E-state index contributed by atoms with van der Waals surface area (Å²) in [7, 11) is 0. The van der Waals surface area contributed by atoms with Gasteiger partial charge in [0, 0.05) is 15.7 Å². The van der Waals surface area contributed by atoms with E-state index in [2.05, 4.69) is 5.32 Å². The fraction of sp³-hybridized carbons (Fsp3) is 0. The van der Waals surface area contributed by atoms with Crippen molar-refractivity contribution in [3.63, 3.8) is 0 Å². The van der Waals surface area contributed by atoms with Crippen LogP contribution in [-0.4, -0.2) is 5.11 Å². The number of anilines is 2. The van der Waals surface area contributed by atoms with Gasteiger partial charge in [-0.2, -0.15) is 0 Å². The number of benzene rings is 2. The Morgan fingerprint density at radius 3 is 1.65 bits per heavy atom. The summed E-state index contributed by atoms with van der Waals surface area (Å²) in [5.41, 5.74) is -1.02. The van der Waals surface area contributed by atoms with E-state index in [0.29, 0.717) is 0 Å². The molecule has 0 unspecified atom stereocenters. The highest BCUT2D eigenvalue weighted by Crippen LogP contribution is 2.28. The molecule has 0 saturated carbocycles. The van der Waals surface area contributed by atoms with Gasteiger partial charge in [0.2, 0.25) is 5.82 Å². The largest absolute Gasteiger partial charge is 0.332 e. The molecule has 0 spiro atoms. The molecule has 0 aliphatic rings. The Morgan fingerprint density at radius 2 is 1.17 bits per heavy atom. The third-order valence-corrected chi connectivity index (χ3v) is 3.21. The van der Waals surface area contributed by atoms with Gasteiger partial charge < -0.3 is 10.6 Å². The molecule has 0 atom stereocenters. The summed E-state index contributed by atoms with van der Waals surface area (Å²) in [6.07, 6.45) is 0. The highest BCUT2D eigenvalue weighted by atomic mass is 35.5. The molecular formula is C13H5Cl2F5N2S. The van der Waals surface area contributed by atoms with Crippen LogP contribution in [0.3, 0.4) is 0 Å². The minimum Gasteiger partial charge on any atom is -0.332 e. The number of thiocarbonyl (C=S) groups is 1. The number of hydrogen-bond acceptors (Lipinski definition) is 1. The number of rotatable bonds is 2. The molecule has 2 N–H and O–H groups in total. The van der Waals surface area contributed by atoms with E-state index >= 15 is 0 Å². The molecule has 122 valence electrons. The van der Waals surface area contributed by atoms with Gasteiger partial charge in [0.05, 0.1) is 0 Å². The third kappa shape index (κ3) is 3.82. The van der Waals surface area contributed by atoms with Crippen LogP contribution in [0.4, 0.5) is 33.3 Å². The lowest BCUT2D eigenvalue weighted by Gasteiger charge is -2.13. The van der Waals surface area contributed by atoms with Gasteiger partial charge in [-0.05, 0) is 30.4 Å². The Hall–Kier alpha value is -1.64. The molecule has 0 aliphatic carbocycles. The van der Waals surface area contributed by atoms with E-state index in [1.807, 2.05) is 5.32 Å². The number of halogens is 7. The van der Waals surface area contributed by atoms with Crippen molar-refractivity contribution in [1.82, 2.24) is 0 Å². The minimum absolute atomic E-state index is 0.249. The van der Waals surface area contributed by atoms with E-state index in [0.717, 1.165) is 0 Å². The SMILES string of the molecule is Fc1c(F)c(F)c(NC(=S)Nc2cc(Cl)cc(Cl)c2)c(F)c1F. The van der Waals surface area contributed by atoms with Crippen LogP contribution < -0.4 is 10.6 Å². The van der Waals surface area contributed by atoms with Gasteiger partial charge in [-0.25, -0.2) is 22.0 Å². The number of hydrogen-bond donors (Lipinski definition) is 2. The maximum absolute atomic E-state index is 13.5. The van der Waals surface area contributed by atoms with Crippen molar-refractivity contribution in [2.75, 3.05) is 10.6 Å². The van der Waals surface area contributed by atoms with Gasteiger partial charge in [-0.15, -0.1) is 0 Å². The first-order valence-corrected chi connectivity index (χ1v) is 6.92. The van der Waals surface area contributed by atoms with E-state index in [4.69, 9.17) is 35.4 Å². The van der Waals surface area contributed by atoms with Crippen LogP contribution in [0, 0.1) is 29.1 Å². The molecule has 23 heavy (non-hydrogen) atoms. The maximum atomic E-state index is 13.5. The van der Waals surface area contributed by atoms with Crippen LogP contribution in [0.15, 0.2) is 18.2 Å². The predicted molar refractivity (Wildman–Crippen MR) is 82.5 cm³/mol. The Balaban J connectivity index is 2.27. The zero-order valence-electron chi connectivity index (χ0n) is 10.8. The molecule has 0 fully saturated rings. The van der Waals surface area contributed by atoms with Crippen molar-refractivity contribution >= 4 is 51.9 Å². The summed E-state index contributed by atoms with van der Waals surface area (Å²) in [6, 6.07) is 4.20. The summed E-state index contributed by atoms with van der Waals surface area (Å²) in [6.45, 7) is 0. The topological polar surface area (TPSA) is 24.1 Å². The van der Waals surface area contributed by atoms with Crippen molar-refractivity contribution in [2.45, 2.75) is 0 Å². The molecule has 2 rings (SSSR count). The molecule has 2 nitrogen and oxygen atoms in total. The second-order valence-electron chi connectivity index (χ2n) is 4.18. The lowest BCUT2D eigenvalue weighted by molar-refractivity contribution is 0.382. The standard InChI is InChI=1S/C13H5Cl2F5N2S/c14-4-1-5(15)3-6(2-4)21-13(23)22-12-10(19)8(17)7(16)9(18)11(12)20/h1-3H,(H2,21,22,23). The molecule has 2 aromatic rings. The molecule has 10 heteroatoms. The molecule has 2 aromatic carbocycles. The number of nitrogens with one attached hydrogen (secondary N) is 2. The van der Waals surface area contributed by atoms with Crippen molar-refractivity contribution in [3.8, 4) is 0 Å². The molecule has 0 bridgehead atoms. The van der Waals surface area contributed by atoms with Gasteiger partial charge in [0.1, 0.15) is 5.69 Å². The smallest absolute Gasteiger partial charge is 0.200 e. The normalized spacial score (nSPS) is 10.6. The molecule has 0 aromatic heterocycles. The van der Waals surface area contributed by atoms with Gasteiger partial charge in [-0.3, -0.25) is 0 Å². The van der Waals surface area contributed by atoms with Crippen LogP contribution >= 0.6 is 35.4 Å². The lowest BCUT2D eigenvalue weighted by atomic mass is 10.2. The van der Waals surface area contributed by atoms with E-state index in [9.17, 15) is 22.0 Å². The highest BCUT2D eigenvalue weighted by Gasteiger charge is 2.26. The van der Waals surface area contributed by atoms with E-state index in [-0.39, 0.29) is 15.7 Å². The van der Waals surface area contributed by atoms with Crippen LogP contribution in [0.2, 0.25) is 10.0 Å². The van der Waals surface area contributed by atoms with Crippen molar-refractivity contribution in [1.29, 1.82) is 0 Å².